The molecule has 0 spiro atoms. The fourth-order valence-corrected chi connectivity index (χ4v) is 3.89. The van der Waals surface area contributed by atoms with Gasteiger partial charge in [-0.05, 0) is 36.1 Å². The van der Waals surface area contributed by atoms with Crippen LogP contribution in [0.2, 0.25) is 0 Å². The van der Waals surface area contributed by atoms with Crippen molar-refractivity contribution in [1.29, 1.82) is 0 Å². The van der Waals surface area contributed by atoms with Gasteiger partial charge in [-0.1, -0.05) is 6.07 Å². The first-order chi connectivity index (χ1) is 13.1. The van der Waals surface area contributed by atoms with E-state index in [1.165, 1.54) is 22.2 Å². The van der Waals surface area contributed by atoms with Gasteiger partial charge in [0.25, 0.3) is 5.56 Å². The van der Waals surface area contributed by atoms with Crippen molar-refractivity contribution in [3.05, 3.63) is 52.4 Å². The summed E-state index contributed by atoms with van der Waals surface area (Å²) in [6, 6.07) is 9.01. The predicted molar refractivity (Wildman–Crippen MR) is 105 cm³/mol. The number of fused-ring (bicyclic) bond motifs is 1. The molecule has 0 saturated carbocycles. The summed E-state index contributed by atoms with van der Waals surface area (Å²) in [6.45, 7) is 0.963. The van der Waals surface area contributed by atoms with Crippen LogP contribution in [0.1, 0.15) is 19.3 Å². The van der Waals surface area contributed by atoms with Gasteiger partial charge in [-0.3, -0.25) is 19.0 Å². The highest BCUT2D eigenvalue weighted by Crippen LogP contribution is 2.24. The number of rotatable bonds is 5. The van der Waals surface area contributed by atoms with E-state index in [0.29, 0.717) is 28.9 Å². The highest BCUT2D eigenvalue weighted by molar-refractivity contribution is 7.16. The summed E-state index contributed by atoms with van der Waals surface area (Å²) < 4.78 is 1.45. The number of carbonyl (C=O) groups is 2. The Morgan fingerprint density at radius 2 is 2.15 bits per heavy atom. The van der Waals surface area contributed by atoms with E-state index in [4.69, 9.17) is 0 Å². The van der Waals surface area contributed by atoms with Gasteiger partial charge in [0, 0.05) is 37.3 Å². The molecule has 2 aromatic heterocycles. The monoisotopic (exact) mass is 382 g/mol. The van der Waals surface area contributed by atoms with Crippen LogP contribution in [0.3, 0.4) is 0 Å². The molecule has 1 saturated heterocycles. The number of carbonyl (C=O) groups excluding carboxylic acids is 2. The highest BCUT2D eigenvalue weighted by Gasteiger charge is 2.21. The van der Waals surface area contributed by atoms with Crippen molar-refractivity contribution >= 4 is 44.7 Å². The molecular weight excluding hydrogens is 364 g/mol. The lowest BCUT2D eigenvalue weighted by atomic mass is 10.2. The zero-order chi connectivity index (χ0) is 18.8. The molecular formula is C19H18N4O3S. The molecule has 0 radical (unpaired) electrons. The Labute approximate surface area is 159 Å². The zero-order valence-corrected chi connectivity index (χ0v) is 15.4. The molecule has 3 aromatic rings. The SMILES string of the molecule is O=C(CCn1cnc2sccc2c1=O)Nc1cccc(N2CCCC2=O)c1. The van der Waals surface area contributed by atoms with E-state index in [2.05, 4.69) is 10.3 Å². The molecule has 27 heavy (non-hydrogen) atoms. The lowest BCUT2D eigenvalue weighted by Gasteiger charge is -2.16. The van der Waals surface area contributed by atoms with Crippen molar-refractivity contribution in [3.63, 3.8) is 0 Å². The van der Waals surface area contributed by atoms with Gasteiger partial charge in [-0.25, -0.2) is 4.98 Å². The van der Waals surface area contributed by atoms with Gasteiger partial charge >= 0.3 is 0 Å². The summed E-state index contributed by atoms with van der Waals surface area (Å²) in [7, 11) is 0. The summed E-state index contributed by atoms with van der Waals surface area (Å²) >= 11 is 1.42. The molecule has 0 unspecified atom stereocenters. The van der Waals surface area contributed by atoms with Crippen molar-refractivity contribution in [2.75, 3.05) is 16.8 Å². The first kappa shape index (κ1) is 17.4. The standard InChI is InChI=1S/C19H18N4O3S/c24-16(6-9-22-12-20-18-15(19(22)26)7-10-27-18)21-13-3-1-4-14(11-13)23-8-2-5-17(23)25/h1,3-4,7,10-12H,2,5-6,8-9H2,(H,21,24). The largest absolute Gasteiger partial charge is 0.326 e. The van der Waals surface area contributed by atoms with Gasteiger partial charge in [-0.2, -0.15) is 0 Å². The van der Waals surface area contributed by atoms with Crippen molar-refractivity contribution in [1.82, 2.24) is 9.55 Å². The van der Waals surface area contributed by atoms with E-state index >= 15 is 0 Å². The predicted octanol–water partition coefficient (Wildman–Crippen LogP) is 2.61. The smallest absolute Gasteiger partial charge is 0.262 e. The van der Waals surface area contributed by atoms with Gasteiger partial charge in [-0.15, -0.1) is 11.3 Å². The summed E-state index contributed by atoms with van der Waals surface area (Å²) in [5, 5.41) is 5.23. The minimum Gasteiger partial charge on any atom is -0.326 e. The Hall–Kier alpha value is -3.00. The Kier molecular flexibility index (Phi) is 4.72. The summed E-state index contributed by atoms with van der Waals surface area (Å²) in [5.74, 6) is -0.0913. The number of thiophene rings is 1. The van der Waals surface area contributed by atoms with E-state index in [0.717, 1.165) is 12.1 Å². The van der Waals surface area contributed by atoms with Crippen LogP contribution >= 0.6 is 11.3 Å². The lowest BCUT2D eigenvalue weighted by Crippen LogP contribution is -2.24. The Morgan fingerprint density at radius 3 is 2.96 bits per heavy atom. The molecule has 138 valence electrons. The number of aromatic nitrogens is 2. The van der Waals surface area contributed by atoms with E-state index in [9.17, 15) is 14.4 Å². The second kappa shape index (κ2) is 7.32. The molecule has 1 N–H and O–H groups in total. The third kappa shape index (κ3) is 3.61. The molecule has 8 heteroatoms. The third-order valence-corrected chi connectivity index (χ3v) is 5.37. The number of hydrogen-bond donors (Lipinski definition) is 1. The molecule has 0 bridgehead atoms. The number of anilines is 2. The number of aryl methyl sites for hydroxylation is 1. The number of nitrogens with zero attached hydrogens (tertiary/aromatic N) is 3. The van der Waals surface area contributed by atoms with Crippen LogP contribution in [-0.4, -0.2) is 27.9 Å². The maximum atomic E-state index is 12.3. The van der Waals surface area contributed by atoms with Crippen LogP contribution < -0.4 is 15.8 Å². The maximum Gasteiger partial charge on any atom is 0.262 e. The number of amides is 2. The molecule has 2 amide bonds. The minimum absolute atomic E-state index is 0.106. The van der Waals surface area contributed by atoms with E-state index < -0.39 is 0 Å². The topological polar surface area (TPSA) is 84.3 Å². The Balaban J connectivity index is 1.41. The lowest BCUT2D eigenvalue weighted by molar-refractivity contribution is -0.117. The summed E-state index contributed by atoms with van der Waals surface area (Å²) in [5.41, 5.74) is 1.29. The molecule has 1 aliphatic heterocycles. The highest BCUT2D eigenvalue weighted by atomic mass is 32.1. The van der Waals surface area contributed by atoms with E-state index in [-0.39, 0.29) is 30.3 Å². The number of benzene rings is 1. The Bertz CT molecular complexity index is 1070. The average molecular weight is 382 g/mol. The maximum absolute atomic E-state index is 12.3. The van der Waals surface area contributed by atoms with Gasteiger partial charge < -0.3 is 10.2 Å². The molecule has 3 heterocycles. The van der Waals surface area contributed by atoms with E-state index in [1.807, 2.05) is 17.5 Å². The normalized spacial score (nSPS) is 14.1. The molecule has 0 aliphatic carbocycles. The van der Waals surface area contributed by atoms with Crippen LogP contribution in [0, 0.1) is 0 Å². The van der Waals surface area contributed by atoms with Crippen LogP contribution in [0.4, 0.5) is 11.4 Å². The minimum atomic E-state index is -0.197. The Morgan fingerprint density at radius 1 is 1.26 bits per heavy atom. The fourth-order valence-electron chi connectivity index (χ4n) is 3.17. The van der Waals surface area contributed by atoms with Gasteiger partial charge in [0.1, 0.15) is 4.83 Å². The second-order valence-electron chi connectivity index (χ2n) is 6.38. The van der Waals surface area contributed by atoms with Crippen molar-refractivity contribution in [2.45, 2.75) is 25.8 Å². The van der Waals surface area contributed by atoms with Crippen LogP contribution in [0.25, 0.3) is 10.2 Å². The van der Waals surface area contributed by atoms with Crippen LogP contribution in [0.5, 0.6) is 0 Å². The van der Waals surface area contributed by atoms with Gasteiger partial charge in [0.2, 0.25) is 11.8 Å². The van der Waals surface area contributed by atoms with Crippen molar-refractivity contribution in [3.8, 4) is 0 Å². The second-order valence-corrected chi connectivity index (χ2v) is 7.27. The van der Waals surface area contributed by atoms with Crippen molar-refractivity contribution in [2.24, 2.45) is 0 Å². The van der Waals surface area contributed by atoms with Gasteiger partial charge in [0.05, 0.1) is 11.7 Å². The zero-order valence-electron chi connectivity index (χ0n) is 14.6. The quantitative estimate of drug-likeness (QED) is 0.735. The molecule has 1 fully saturated rings. The average Bonchev–Trinajstić information content (AvgIpc) is 3.30. The first-order valence-electron chi connectivity index (χ1n) is 8.75. The molecule has 1 aliphatic rings. The summed E-state index contributed by atoms with van der Waals surface area (Å²) in [4.78, 5) is 43.2. The number of hydrogen-bond acceptors (Lipinski definition) is 5. The molecule has 7 nitrogen and oxygen atoms in total. The van der Waals surface area contributed by atoms with E-state index in [1.54, 1.807) is 23.1 Å². The molecule has 0 atom stereocenters. The fraction of sp³-hybridized carbons (Fsp3) is 0.263. The molecule has 4 rings (SSSR count). The number of nitrogens with one attached hydrogen (secondary N) is 1. The van der Waals surface area contributed by atoms with Gasteiger partial charge in [0.15, 0.2) is 0 Å². The summed E-state index contributed by atoms with van der Waals surface area (Å²) in [6.07, 6.45) is 3.05. The third-order valence-electron chi connectivity index (χ3n) is 4.55. The van der Waals surface area contributed by atoms with Crippen molar-refractivity contribution < 1.29 is 9.59 Å². The first-order valence-corrected chi connectivity index (χ1v) is 9.63. The van der Waals surface area contributed by atoms with Crippen LogP contribution in [-0.2, 0) is 16.1 Å². The molecule has 1 aromatic carbocycles. The van der Waals surface area contributed by atoms with Crippen LogP contribution in [0.15, 0.2) is 46.8 Å².